The molecule has 7 nitrogen and oxygen atoms in total. The molecule has 7 heteroatoms. The highest BCUT2D eigenvalue weighted by Crippen LogP contribution is 2.43. The standard InChI is InChI=1S/C30H34N4O3/c1-18-26-15-21(9-10-23(26)17-32-18)20-7-5-19(6-8-20)13-24(16-31)33-28(35)27-22-11-12-25(14-22)34(27)29(36)37-30(2,3)4/h5-10,15,22,24-25,27H,11-14,17H2,1-4H3,(H,33,35)/t22-,24-,25+,27-/m0/s1. The lowest BCUT2D eigenvalue weighted by atomic mass is 9.96. The van der Waals surface area contributed by atoms with Gasteiger partial charge in [-0.2, -0.15) is 5.26 Å². The molecular weight excluding hydrogens is 464 g/mol. The number of fused-ring (bicyclic) bond motifs is 3. The van der Waals surface area contributed by atoms with Crippen LogP contribution < -0.4 is 5.32 Å². The molecule has 2 aliphatic heterocycles. The van der Waals surface area contributed by atoms with Crippen LogP contribution in [0.25, 0.3) is 11.1 Å². The summed E-state index contributed by atoms with van der Waals surface area (Å²) < 4.78 is 5.60. The van der Waals surface area contributed by atoms with E-state index in [-0.39, 0.29) is 17.9 Å². The third-order valence-corrected chi connectivity index (χ3v) is 7.64. The predicted molar refractivity (Wildman–Crippen MR) is 142 cm³/mol. The maximum atomic E-state index is 13.3. The quantitative estimate of drug-likeness (QED) is 0.627. The van der Waals surface area contributed by atoms with Crippen LogP contribution in [0.1, 0.15) is 63.6 Å². The summed E-state index contributed by atoms with van der Waals surface area (Å²) in [4.78, 5) is 32.3. The van der Waals surface area contributed by atoms with Crippen LogP contribution >= 0.6 is 0 Å². The molecular formula is C30H34N4O3. The zero-order chi connectivity index (χ0) is 26.3. The summed E-state index contributed by atoms with van der Waals surface area (Å²) in [5.74, 6) is -0.159. The average molecular weight is 499 g/mol. The Morgan fingerprint density at radius 1 is 1.16 bits per heavy atom. The summed E-state index contributed by atoms with van der Waals surface area (Å²) >= 11 is 0. The Kier molecular flexibility index (Phi) is 6.53. The summed E-state index contributed by atoms with van der Waals surface area (Å²) in [7, 11) is 0. The molecule has 2 aromatic carbocycles. The first-order chi connectivity index (χ1) is 17.6. The summed E-state index contributed by atoms with van der Waals surface area (Å²) in [5, 5.41) is 12.7. The van der Waals surface area contributed by atoms with E-state index in [0.29, 0.717) is 6.42 Å². The number of amides is 2. The highest BCUT2D eigenvalue weighted by Gasteiger charge is 2.52. The smallest absolute Gasteiger partial charge is 0.411 e. The normalized spacial score (nSPS) is 22.7. The summed E-state index contributed by atoms with van der Waals surface area (Å²) in [5.41, 5.74) is 6.09. The number of hydrogen-bond donors (Lipinski definition) is 1. The lowest BCUT2D eigenvalue weighted by Gasteiger charge is -2.35. The maximum absolute atomic E-state index is 13.3. The van der Waals surface area contributed by atoms with Gasteiger partial charge >= 0.3 is 6.09 Å². The molecule has 192 valence electrons. The van der Waals surface area contributed by atoms with E-state index in [9.17, 15) is 14.9 Å². The van der Waals surface area contributed by atoms with Crippen molar-refractivity contribution in [1.29, 1.82) is 5.26 Å². The fourth-order valence-corrected chi connectivity index (χ4v) is 5.88. The summed E-state index contributed by atoms with van der Waals surface area (Å²) in [6.07, 6.45) is 2.56. The van der Waals surface area contributed by atoms with E-state index in [0.717, 1.165) is 48.2 Å². The van der Waals surface area contributed by atoms with Crippen LogP contribution in [0, 0.1) is 17.2 Å². The van der Waals surface area contributed by atoms with Crippen LogP contribution in [0.2, 0.25) is 0 Å². The predicted octanol–water partition coefficient (Wildman–Crippen LogP) is 5.02. The van der Waals surface area contributed by atoms with Crippen LogP contribution in [-0.4, -0.2) is 46.3 Å². The second kappa shape index (κ2) is 9.66. The van der Waals surface area contributed by atoms with Crippen LogP contribution in [0.4, 0.5) is 4.79 Å². The average Bonchev–Trinajstić information content (AvgIpc) is 3.58. The van der Waals surface area contributed by atoms with Crippen molar-refractivity contribution in [2.24, 2.45) is 10.9 Å². The van der Waals surface area contributed by atoms with E-state index >= 15 is 0 Å². The number of hydrogen-bond acceptors (Lipinski definition) is 5. The highest BCUT2D eigenvalue weighted by atomic mass is 16.6. The molecule has 0 radical (unpaired) electrons. The molecule has 37 heavy (non-hydrogen) atoms. The number of nitrogens with zero attached hydrogens (tertiary/aromatic N) is 3. The molecule has 4 atom stereocenters. The van der Waals surface area contributed by atoms with Gasteiger partial charge in [-0.15, -0.1) is 0 Å². The molecule has 2 heterocycles. The molecule has 1 saturated heterocycles. The number of aliphatic imine (C=N–C) groups is 1. The van der Waals surface area contributed by atoms with E-state index in [1.807, 2.05) is 39.8 Å². The SMILES string of the molecule is CC1=NCc2ccc(-c3ccc(C[C@@H](C#N)NC(=O)[C@@H]4[C@H]5CC[C@H](C5)N4C(=O)OC(C)(C)C)cc3)cc21. The van der Waals surface area contributed by atoms with Gasteiger partial charge in [0.2, 0.25) is 5.91 Å². The van der Waals surface area contributed by atoms with Gasteiger partial charge in [0, 0.05) is 23.7 Å². The molecule has 2 bridgehead atoms. The third kappa shape index (κ3) is 5.11. The third-order valence-electron chi connectivity index (χ3n) is 7.64. The number of nitriles is 1. The maximum Gasteiger partial charge on any atom is 0.411 e. The van der Waals surface area contributed by atoms with Gasteiger partial charge in [0.15, 0.2) is 0 Å². The molecule has 0 spiro atoms. The summed E-state index contributed by atoms with van der Waals surface area (Å²) in [6, 6.07) is 15.5. The van der Waals surface area contributed by atoms with Gasteiger partial charge in [0.1, 0.15) is 17.7 Å². The number of benzene rings is 2. The molecule has 1 aliphatic carbocycles. The van der Waals surface area contributed by atoms with Crippen molar-refractivity contribution in [3.63, 3.8) is 0 Å². The largest absolute Gasteiger partial charge is 0.444 e. The Labute approximate surface area is 218 Å². The van der Waals surface area contributed by atoms with Crippen molar-refractivity contribution in [1.82, 2.24) is 10.2 Å². The minimum Gasteiger partial charge on any atom is -0.444 e. The van der Waals surface area contributed by atoms with Gasteiger partial charge < -0.3 is 10.1 Å². The summed E-state index contributed by atoms with van der Waals surface area (Å²) in [6.45, 7) is 8.26. The van der Waals surface area contributed by atoms with Crippen LogP contribution in [-0.2, 0) is 22.5 Å². The lowest BCUT2D eigenvalue weighted by Crippen LogP contribution is -2.55. The van der Waals surface area contributed by atoms with Crippen molar-refractivity contribution >= 4 is 17.7 Å². The van der Waals surface area contributed by atoms with Crippen molar-refractivity contribution < 1.29 is 14.3 Å². The van der Waals surface area contributed by atoms with E-state index in [2.05, 4.69) is 46.7 Å². The fourth-order valence-electron chi connectivity index (χ4n) is 5.88. The van der Waals surface area contributed by atoms with Crippen molar-refractivity contribution in [3.05, 3.63) is 59.2 Å². The Hall–Kier alpha value is -3.66. The molecule has 2 amide bonds. The number of rotatable bonds is 5. The number of piperidine rings is 1. The number of carbonyl (C=O) groups excluding carboxylic acids is 2. The number of ether oxygens (including phenoxy) is 1. The fraction of sp³-hybridized carbons (Fsp3) is 0.467. The van der Waals surface area contributed by atoms with E-state index < -0.39 is 23.8 Å². The molecule has 1 N–H and O–H groups in total. The topological polar surface area (TPSA) is 94.8 Å². The highest BCUT2D eigenvalue weighted by molar-refractivity contribution is 6.02. The second-order valence-electron chi connectivity index (χ2n) is 11.4. The van der Waals surface area contributed by atoms with E-state index in [4.69, 9.17) is 4.74 Å². The van der Waals surface area contributed by atoms with Gasteiger partial charge in [-0.1, -0.05) is 36.4 Å². The first kappa shape index (κ1) is 25.0. The monoisotopic (exact) mass is 498 g/mol. The number of likely N-dealkylation sites (tertiary alicyclic amines) is 1. The van der Waals surface area contributed by atoms with Gasteiger partial charge in [-0.3, -0.25) is 14.7 Å². The Morgan fingerprint density at radius 2 is 1.89 bits per heavy atom. The first-order valence-corrected chi connectivity index (χ1v) is 13.1. The van der Waals surface area contributed by atoms with E-state index in [1.54, 1.807) is 4.90 Å². The number of nitrogens with one attached hydrogen (secondary N) is 1. The van der Waals surface area contributed by atoms with Crippen LogP contribution in [0.5, 0.6) is 0 Å². The van der Waals surface area contributed by atoms with Crippen LogP contribution in [0.15, 0.2) is 47.5 Å². The molecule has 3 aliphatic rings. The van der Waals surface area contributed by atoms with Gasteiger partial charge in [0.05, 0.1) is 12.6 Å². The lowest BCUT2D eigenvalue weighted by molar-refractivity contribution is -0.128. The molecule has 0 aromatic heterocycles. The molecule has 2 aromatic rings. The van der Waals surface area contributed by atoms with E-state index in [1.165, 1.54) is 11.1 Å². The van der Waals surface area contributed by atoms with Crippen molar-refractivity contribution in [2.75, 3.05) is 0 Å². The Balaban J connectivity index is 1.25. The first-order valence-electron chi connectivity index (χ1n) is 13.1. The number of carbonyl (C=O) groups is 2. The van der Waals surface area contributed by atoms with Gasteiger partial charge in [0.25, 0.3) is 0 Å². The molecule has 5 rings (SSSR count). The van der Waals surface area contributed by atoms with Crippen LogP contribution in [0.3, 0.4) is 0 Å². The minimum atomic E-state index is -0.684. The molecule has 1 saturated carbocycles. The Bertz CT molecular complexity index is 1290. The molecule has 0 unspecified atom stereocenters. The van der Waals surface area contributed by atoms with Gasteiger partial charge in [-0.25, -0.2) is 4.79 Å². The zero-order valence-electron chi connectivity index (χ0n) is 22.0. The zero-order valence-corrected chi connectivity index (χ0v) is 22.0. The van der Waals surface area contributed by atoms with Crippen molar-refractivity contribution in [2.45, 2.75) is 83.6 Å². The molecule has 2 fully saturated rings. The minimum absolute atomic E-state index is 0.0259. The van der Waals surface area contributed by atoms with Gasteiger partial charge in [-0.05, 0) is 81.2 Å². The van der Waals surface area contributed by atoms with Crippen molar-refractivity contribution in [3.8, 4) is 17.2 Å². The Morgan fingerprint density at radius 3 is 2.59 bits per heavy atom. The second-order valence-corrected chi connectivity index (χ2v) is 11.4.